The van der Waals surface area contributed by atoms with Gasteiger partial charge in [0.2, 0.25) is 0 Å². The molecule has 3 heteroatoms. The Balaban J connectivity index is 3.24. The van der Waals surface area contributed by atoms with E-state index in [-0.39, 0.29) is 6.04 Å². The van der Waals surface area contributed by atoms with E-state index in [1.54, 1.807) is 18.9 Å². The molecule has 0 saturated carbocycles. The lowest BCUT2D eigenvalue weighted by atomic mass is 9.93. The van der Waals surface area contributed by atoms with E-state index in [1.807, 2.05) is 0 Å². The van der Waals surface area contributed by atoms with E-state index in [1.165, 1.54) is 22.3 Å². The molecule has 0 bridgehead atoms. The summed E-state index contributed by atoms with van der Waals surface area (Å²) in [5.74, 6) is 1.91. The molecule has 0 aliphatic heterocycles. The van der Waals surface area contributed by atoms with Crippen LogP contribution in [0.1, 0.15) is 28.3 Å². The Morgan fingerprint density at radius 3 is 2.44 bits per heavy atom. The molecule has 1 aromatic carbocycles. The molecule has 0 aliphatic carbocycles. The summed E-state index contributed by atoms with van der Waals surface area (Å²) < 4.78 is 5.36. The van der Waals surface area contributed by atoms with Gasteiger partial charge in [0.25, 0.3) is 0 Å². The Morgan fingerprint density at radius 1 is 1.31 bits per heavy atom. The number of ether oxygens (including phenoxy) is 1. The van der Waals surface area contributed by atoms with Gasteiger partial charge in [-0.2, -0.15) is 11.8 Å². The predicted molar refractivity (Wildman–Crippen MR) is 72.5 cm³/mol. The van der Waals surface area contributed by atoms with E-state index in [2.05, 4.69) is 33.1 Å². The molecule has 90 valence electrons. The van der Waals surface area contributed by atoms with Crippen molar-refractivity contribution in [2.24, 2.45) is 5.73 Å². The van der Waals surface area contributed by atoms with Crippen molar-refractivity contribution in [3.8, 4) is 5.75 Å². The second kappa shape index (κ2) is 5.60. The Bertz CT molecular complexity index is 377. The fourth-order valence-corrected chi connectivity index (χ4v) is 2.64. The van der Waals surface area contributed by atoms with Crippen LogP contribution >= 0.6 is 11.8 Å². The molecule has 1 atom stereocenters. The maximum Gasteiger partial charge on any atom is 0.122 e. The van der Waals surface area contributed by atoms with Gasteiger partial charge in [-0.25, -0.2) is 0 Å². The number of methoxy groups -OCH3 is 1. The predicted octanol–water partition coefficient (Wildman–Crippen LogP) is 2.98. The van der Waals surface area contributed by atoms with E-state index >= 15 is 0 Å². The average Bonchev–Trinajstić information content (AvgIpc) is 2.24. The van der Waals surface area contributed by atoms with E-state index in [0.29, 0.717) is 0 Å². The zero-order valence-corrected chi connectivity index (χ0v) is 11.6. The highest BCUT2D eigenvalue weighted by Gasteiger charge is 2.15. The van der Waals surface area contributed by atoms with Crippen molar-refractivity contribution >= 4 is 11.8 Å². The molecule has 1 rings (SSSR count). The maximum absolute atomic E-state index is 6.21. The largest absolute Gasteiger partial charge is 0.496 e. The summed E-state index contributed by atoms with van der Waals surface area (Å²) in [6.45, 7) is 6.31. The fraction of sp³-hybridized carbons (Fsp3) is 0.538. The van der Waals surface area contributed by atoms with E-state index in [0.717, 1.165) is 11.5 Å². The Hall–Kier alpha value is -0.670. The van der Waals surface area contributed by atoms with Crippen molar-refractivity contribution in [2.75, 3.05) is 19.1 Å². The molecule has 1 unspecified atom stereocenters. The lowest BCUT2D eigenvalue weighted by Gasteiger charge is -2.20. The summed E-state index contributed by atoms with van der Waals surface area (Å²) in [5.41, 5.74) is 11.2. The monoisotopic (exact) mass is 239 g/mol. The summed E-state index contributed by atoms with van der Waals surface area (Å²) >= 11 is 1.78. The molecule has 2 N–H and O–H groups in total. The van der Waals surface area contributed by atoms with Crippen LogP contribution in [0.3, 0.4) is 0 Å². The number of aryl methyl sites for hydroxylation is 1. The quantitative estimate of drug-likeness (QED) is 0.877. The minimum Gasteiger partial charge on any atom is -0.496 e. The van der Waals surface area contributed by atoms with Gasteiger partial charge in [0, 0.05) is 11.8 Å². The summed E-state index contributed by atoms with van der Waals surface area (Å²) in [6.07, 6.45) is 2.08. The third-order valence-corrected chi connectivity index (χ3v) is 3.74. The standard InChI is InChI=1S/C13H21NOS/c1-8-6-12(15-4)9(2)10(3)13(8)11(14)7-16-5/h6,11H,7,14H2,1-5H3. The van der Waals surface area contributed by atoms with Crippen molar-refractivity contribution in [1.29, 1.82) is 0 Å². The number of hydrogen-bond acceptors (Lipinski definition) is 3. The molecule has 0 saturated heterocycles. The third kappa shape index (κ3) is 2.53. The summed E-state index contributed by atoms with van der Waals surface area (Å²) in [5, 5.41) is 0. The van der Waals surface area contributed by atoms with Crippen LogP contribution in [0.2, 0.25) is 0 Å². The first-order valence-electron chi connectivity index (χ1n) is 5.42. The highest BCUT2D eigenvalue weighted by atomic mass is 32.2. The van der Waals surface area contributed by atoms with Gasteiger partial charge in [-0.1, -0.05) is 0 Å². The SMILES string of the molecule is COc1cc(C)c(C(N)CSC)c(C)c1C. The van der Waals surface area contributed by atoms with Crippen molar-refractivity contribution in [1.82, 2.24) is 0 Å². The Kier molecular flexibility index (Phi) is 4.69. The van der Waals surface area contributed by atoms with Crippen LogP contribution in [0.15, 0.2) is 6.07 Å². The number of hydrogen-bond donors (Lipinski definition) is 1. The first-order chi connectivity index (χ1) is 7.52. The number of rotatable bonds is 4. The van der Waals surface area contributed by atoms with Gasteiger partial charge in [0.05, 0.1) is 7.11 Å². The van der Waals surface area contributed by atoms with Crippen LogP contribution in [0.5, 0.6) is 5.75 Å². The highest BCUT2D eigenvalue weighted by molar-refractivity contribution is 7.98. The summed E-state index contributed by atoms with van der Waals surface area (Å²) in [6, 6.07) is 2.19. The van der Waals surface area contributed by atoms with E-state index in [4.69, 9.17) is 10.5 Å². The van der Waals surface area contributed by atoms with Crippen LogP contribution in [-0.4, -0.2) is 19.1 Å². The van der Waals surface area contributed by atoms with Gasteiger partial charge in [0.1, 0.15) is 5.75 Å². The molecule has 0 aromatic heterocycles. The summed E-state index contributed by atoms with van der Waals surface area (Å²) in [4.78, 5) is 0. The van der Waals surface area contributed by atoms with Gasteiger partial charge >= 0.3 is 0 Å². The smallest absolute Gasteiger partial charge is 0.122 e. The zero-order chi connectivity index (χ0) is 12.3. The third-order valence-electron chi connectivity index (χ3n) is 3.05. The topological polar surface area (TPSA) is 35.2 Å². The lowest BCUT2D eigenvalue weighted by Crippen LogP contribution is -2.16. The van der Waals surface area contributed by atoms with Gasteiger partial charge < -0.3 is 10.5 Å². The second-order valence-electron chi connectivity index (χ2n) is 4.12. The van der Waals surface area contributed by atoms with Crippen LogP contribution in [0, 0.1) is 20.8 Å². The van der Waals surface area contributed by atoms with Crippen molar-refractivity contribution in [2.45, 2.75) is 26.8 Å². The first kappa shape index (κ1) is 13.4. The second-order valence-corrected chi connectivity index (χ2v) is 5.03. The van der Waals surface area contributed by atoms with Crippen LogP contribution < -0.4 is 10.5 Å². The lowest BCUT2D eigenvalue weighted by molar-refractivity contribution is 0.410. The van der Waals surface area contributed by atoms with Crippen LogP contribution in [-0.2, 0) is 0 Å². The minimum absolute atomic E-state index is 0.111. The molecule has 0 spiro atoms. The van der Waals surface area contributed by atoms with Crippen molar-refractivity contribution < 1.29 is 4.74 Å². The molecule has 0 fully saturated rings. The van der Waals surface area contributed by atoms with Gasteiger partial charge in [-0.15, -0.1) is 0 Å². The molecular formula is C13H21NOS. The normalized spacial score (nSPS) is 12.6. The number of benzene rings is 1. The molecule has 2 nitrogen and oxygen atoms in total. The fourth-order valence-electron chi connectivity index (χ4n) is 2.11. The van der Waals surface area contributed by atoms with Crippen LogP contribution in [0.4, 0.5) is 0 Å². The number of nitrogens with two attached hydrogens (primary N) is 1. The molecule has 16 heavy (non-hydrogen) atoms. The Morgan fingerprint density at radius 2 is 1.94 bits per heavy atom. The average molecular weight is 239 g/mol. The first-order valence-corrected chi connectivity index (χ1v) is 6.81. The molecule has 0 amide bonds. The molecule has 0 radical (unpaired) electrons. The molecule has 0 heterocycles. The zero-order valence-electron chi connectivity index (χ0n) is 10.8. The van der Waals surface area contributed by atoms with Crippen LogP contribution in [0.25, 0.3) is 0 Å². The summed E-state index contributed by atoms with van der Waals surface area (Å²) in [7, 11) is 1.71. The van der Waals surface area contributed by atoms with Gasteiger partial charge in [-0.05, 0) is 55.3 Å². The van der Waals surface area contributed by atoms with E-state index in [9.17, 15) is 0 Å². The van der Waals surface area contributed by atoms with Crippen molar-refractivity contribution in [3.63, 3.8) is 0 Å². The molecule has 0 aliphatic rings. The minimum atomic E-state index is 0.111. The highest BCUT2D eigenvalue weighted by Crippen LogP contribution is 2.31. The molecular weight excluding hydrogens is 218 g/mol. The maximum atomic E-state index is 6.21. The van der Waals surface area contributed by atoms with Gasteiger partial charge in [-0.3, -0.25) is 0 Å². The van der Waals surface area contributed by atoms with E-state index < -0.39 is 0 Å². The van der Waals surface area contributed by atoms with Crippen molar-refractivity contribution in [3.05, 3.63) is 28.3 Å². The molecule has 1 aromatic rings. The Labute approximate surface area is 103 Å². The number of thioether (sulfide) groups is 1. The van der Waals surface area contributed by atoms with Gasteiger partial charge in [0.15, 0.2) is 0 Å².